The third-order valence-corrected chi connectivity index (χ3v) is 2.28. The second kappa shape index (κ2) is 5.89. The van der Waals surface area contributed by atoms with E-state index in [0.29, 0.717) is 18.1 Å². The fraction of sp³-hybridized carbons (Fsp3) is 0.417. The summed E-state index contributed by atoms with van der Waals surface area (Å²) in [6.45, 7) is 4.49. The van der Waals surface area contributed by atoms with E-state index in [-0.39, 0.29) is 6.10 Å². The zero-order chi connectivity index (χ0) is 11.3. The summed E-state index contributed by atoms with van der Waals surface area (Å²) in [5, 5.41) is 0.653. The Bertz CT molecular complexity index is 334. The number of hydrogen-bond donors (Lipinski definition) is 0. The molecular formula is C12H15ClO2. The molecule has 1 aromatic carbocycles. The molecule has 0 fully saturated rings. The van der Waals surface area contributed by atoms with Gasteiger partial charge in [0.15, 0.2) is 0 Å². The van der Waals surface area contributed by atoms with Crippen LogP contribution in [0.5, 0.6) is 0 Å². The van der Waals surface area contributed by atoms with Gasteiger partial charge in [-0.1, -0.05) is 17.7 Å². The molecule has 0 heterocycles. The van der Waals surface area contributed by atoms with Crippen molar-refractivity contribution >= 4 is 17.9 Å². The highest BCUT2D eigenvalue weighted by Crippen LogP contribution is 2.17. The van der Waals surface area contributed by atoms with Crippen LogP contribution in [0.4, 0.5) is 0 Å². The second-order valence-electron chi connectivity index (χ2n) is 3.64. The fourth-order valence-corrected chi connectivity index (χ4v) is 1.47. The average molecular weight is 227 g/mol. The van der Waals surface area contributed by atoms with Gasteiger partial charge in [-0.05, 0) is 37.1 Å². The monoisotopic (exact) mass is 226 g/mol. The summed E-state index contributed by atoms with van der Waals surface area (Å²) in [7, 11) is 0. The number of benzene rings is 1. The molecule has 0 aliphatic heterocycles. The first kappa shape index (κ1) is 12.2. The van der Waals surface area contributed by atoms with E-state index >= 15 is 0 Å². The molecule has 15 heavy (non-hydrogen) atoms. The van der Waals surface area contributed by atoms with E-state index in [9.17, 15) is 4.79 Å². The van der Waals surface area contributed by atoms with Crippen LogP contribution < -0.4 is 0 Å². The number of rotatable bonds is 5. The molecule has 0 aromatic heterocycles. The molecular weight excluding hydrogens is 212 g/mol. The smallest absolute Gasteiger partial charge is 0.124 e. The summed E-state index contributed by atoms with van der Waals surface area (Å²) in [5.41, 5.74) is 1.97. The minimum Gasteiger partial charge on any atom is -0.374 e. The van der Waals surface area contributed by atoms with Gasteiger partial charge in [0.1, 0.15) is 6.29 Å². The van der Waals surface area contributed by atoms with E-state index in [1.54, 1.807) is 0 Å². The second-order valence-corrected chi connectivity index (χ2v) is 4.08. The Labute approximate surface area is 95.2 Å². The first-order valence-corrected chi connectivity index (χ1v) is 5.34. The largest absolute Gasteiger partial charge is 0.374 e. The third kappa shape index (κ3) is 4.02. The van der Waals surface area contributed by atoms with E-state index in [4.69, 9.17) is 16.3 Å². The minimum absolute atomic E-state index is 0.185. The maximum absolute atomic E-state index is 10.5. The first-order valence-electron chi connectivity index (χ1n) is 4.96. The molecule has 0 radical (unpaired) electrons. The van der Waals surface area contributed by atoms with E-state index in [2.05, 4.69) is 0 Å². The molecule has 0 spiro atoms. The van der Waals surface area contributed by atoms with Crippen LogP contribution in [0.2, 0.25) is 5.02 Å². The van der Waals surface area contributed by atoms with Crippen molar-refractivity contribution in [3.05, 3.63) is 34.3 Å². The molecule has 0 unspecified atom stereocenters. The molecule has 82 valence electrons. The van der Waals surface area contributed by atoms with Crippen LogP contribution in [0.1, 0.15) is 25.0 Å². The van der Waals surface area contributed by atoms with Gasteiger partial charge in [-0.25, -0.2) is 0 Å². The molecule has 0 bridgehead atoms. The highest BCUT2D eigenvalue weighted by atomic mass is 35.5. The van der Waals surface area contributed by atoms with E-state index < -0.39 is 0 Å². The molecule has 3 heteroatoms. The number of hydrogen-bond acceptors (Lipinski definition) is 2. The summed E-state index contributed by atoms with van der Waals surface area (Å²) in [4.78, 5) is 10.5. The fourth-order valence-electron chi connectivity index (χ4n) is 1.27. The summed E-state index contributed by atoms with van der Waals surface area (Å²) >= 11 is 5.86. The van der Waals surface area contributed by atoms with Crippen molar-refractivity contribution in [3.63, 3.8) is 0 Å². The van der Waals surface area contributed by atoms with Crippen molar-refractivity contribution in [1.82, 2.24) is 0 Å². The maximum atomic E-state index is 10.5. The minimum atomic E-state index is 0.185. The van der Waals surface area contributed by atoms with Gasteiger partial charge in [0.25, 0.3) is 0 Å². The van der Waals surface area contributed by atoms with Crippen molar-refractivity contribution in [1.29, 1.82) is 0 Å². The molecule has 2 nitrogen and oxygen atoms in total. The lowest BCUT2D eigenvalue weighted by atomic mass is 10.1. The van der Waals surface area contributed by atoms with Crippen LogP contribution in [0, 0.1) is 0 Å². The number of halogens is 1. The van der Waals surface area contributed by atoms with E-state index in [1.165, 1.54) is 0 Å². The van der Waals surface area contributed by atoms with Crippen LogP contribution in [-0.4, -0.2) is 12.4 Å². The molecule has 0 saturated carbocycles. The zero-order valence-corrected chi connectivity index (χ0v) is 9.75. The lowest BCUT2D eigenvalue weighted by Gasteiger charge is -2.11. The molecule has 0 N–H and O–H groups in total. The Balaban J connectivity index is 2.80. The predicted molar refractivity (Wildman–Crippen MR) is 61.1 cm³/mol. The van der Waals surface area contributed by atoms with Crippen LogP contribution in [0.15, 0.2) is 18.2 Å². The van der Waals surface area contributed by atoms with Gasteiger partial charge in [-0.15, -0.1) is 0 Å². The normalized spacial score (nSPS) is 10.7. The van der Waals surface area contributed by atoms with E-state index in [0.717, 1.165) is 17.4 Å². The SMILES string of the molecule is CC(C)OCc1ccc(Cl)cc1CC=O. The Kier molecular flexibility index (Phi) is 4.79. The zero-order valence-electron chi connectivity index (χ0n) is 9.00. The summed E-state index contributed by atoms with van der Waals surface area (Å²) < 4.78 is 5.50. The molecule has 0 saturated heterocycles. The van der Waals surface area contributed by atoms with Crippen molar-refractivity contribution in [2.75, 3.05) is 0 Å². The van der Waals surface area contributed by atoms with Crippen LogP contribution in [-0.2, 0) is 22.6 Å². The Morgan fingerprint density at radius 2 is 2.13 bits per heavy atom. The molecule has 0 aliphatic rings. The predicted octanol–water partition coefficient (Wildman–Crippen LogP) is 3.01. The average Bonchev–Trinajstić information content (AvgIpc) is 2.17. The van der Waals surface area contributed by atoms with Crippen LogP contribution in [0.3, 0.4) is 0 Å². The van der Waals surface area contributed by atoms with Crippen molar-refractivity contribution < 1.29 is 9.53 Å². The Morgan fingerprint density at radius 1 is 1.40 bits per heavy atom. The highest BCUT2D eigenvalue weighted by Gasteiger charge is 2.04. The topological polar surface area (TPSA) is 26.3 Å². The number of carbonyl (C=O) groups is 1. The van der Waals surface area contributed by atoms with E-state index in [1.807, 2.05) is 32.0 Å². The summed E-state index contributed by atoms with van der Waals surface area (Å²) in [6.07, 6.45) is 1.45. The summed E-state index contributed by atoms with van der Waals surface area (Å²) in [6, 6.07) is 5.54. The maximum Gasteiger partial charge on any atom is 0.124 e. The molecule has 1 rings (SSSR count). The molecule has 0 amide bonds. The van der Waals surface area contributed by atoms with Gasteiger partial charge < -0.3 is 9.53 Å². The van der Waals surface area contributed by atoms with Crippen molar-refractivity contribution in [2.45, 2.75) is 33.0 Å². The molecule has 0 aliphatic carbocycles. The number of ether oxygens (including phenoxy) is 1. The number of carbonyl (C=O) groups excluding carboxylic acids is 1. The van der Waals surface area contributed by atoms with Gasteiger partial charge in [0.2, 0.25) is 0 Å². The van der Waals surface area contributed by atoms with Gasteiger partial charge in [-0.2, -0.15) is 0 Å². The lowest BCUT2D eigenvalue weighted by Crippen LogP contribution is -2.04. The van der Waals surface area contributed by atoms with Gasteiger partial charge >= 0.3 is 0 Å². The highest BCUT2D eigenvalue weighted by molar-refractivity contribution is 6.30. The van der Waals surface area contributed by atoms with Gasteiger partial charge in [0.05, 0.1) is 12.7 Å². The van der Waals surface area contributed by atoms with Gasteiger partial charge in [0, 0.05) is 11.4 Å². The molecule has 1 aromatic rings. The summed E-state index contributed by atoms with van der Waals surface area (Å²) in [5.74, 6) is 0. The number of aldehydes is 1. The third-order valence-electron chi connectivity index (χ3n) is 2.04. The molecule has 0 atom stereocenters. The van der Waals surface area contributed by atoms with Crippen LogP contribution >= 0.6 is 11.6 Å². The van der Waals surface area contributed by atoms with Crippen molar-refractivity contribution in [2.24, 2.45) is 0 Å². The Hall–Kier alpha value is -0.860. The van der Waals surface area contributed by atoms with Crippen molar-refractivity contribution in [3.8, 4) is 0 Å². The lowest BCUT2D eigenvalue weighted by molar-refractivity contribution is -0.107. The Morgan fingerprint density at radius 3 is 2.73 bits per heavy atom. The first-order chi connectivity index (χ1) is 7.13. The standard InChI is InChI=1S/C12H15ClO2/c1-9(2)15-8-11-3-4-12(13)7-10(11)5-6-14/h3-4,6-7,9H,5,8H2,1-2H3. The quantitative estimate of drug-likeness (QED) is 0.722. The van der Waals surface area contributed by atoms with Gasteiger partial charge in [-0.3, -0.25) is 0 Å². The van der Waals surface area contributed by atoms with Crippen LogP contribution in [0.25, 0.3) is 0 Å².